The fourth-order valence-corrected chi connectivity index (χ4v) is 5.33. The van der Waals surface area contributed by atoms with Gasteiger partial charge in [-0.05, 0) is 49.9 Å². The molecule has 5 nitrogen and oxygen atoms in total. The van der Waals surface area contributed by atoms with E-state index >= 15 is 0 Å². The van der Waals surface area contributed by atoms with Gasteiger partial charge in [-0.15, -0.1) is 0 Å². The molecule has 0 N–H and O–H groups in total. The zero-order valence-electron chi connectivity index (χ0n) is 17.4. The summed E-state index contributed by atoms with van der Waals surface area (Å²) in [7, 11) is 2.02. The van der Waals surface area contributed by atoms with Gasteiger partial charge in [-0.2, -0.15) is 10.1 Å². The number of aryl methyl sites for hydroxylation is 1. The van der Waals surface area contributed by atoms with Crippen LogP contribution in [0, 0.1) is 17.3 Å². The lowest BCUT2D eigenvalue weighted by molar-refractivity contribution is 0.306. The Labute approximate surface area is 180 Å². The van der Waals surface area contributed by atoms with E-state index in [4.69, 9.17) is 14.6 Å². The number of hydrogen-bond donors (Lipinski definition) is 0. The number of hydrogen-bond acceptors (Lipinski definition) is 4. The van der Waals surface area contributed by atoms with Crippen molar-refractivity contribution in [1.82, 2.24) is 19.9 Å². The van der Waals surface area contributed by atoms with Crippen LogP contribution in [0.15, 0.2) is 22.2 Å². The van der Waals surface area contributed by atoms with Gasteiger partial charge in [0.05, 0.1) is 0 Å². The second kappa shape index (κ2) is 7.43. The third-order valence-electron chi connectivity index (χ3n) is 6.32. The van der Waals surface area contributed by atoms with E-state index in [1.807, 2.05) is 11.7 Å². The van der Waals surface area contributed by atoms with E-state index in [2.05, 4.69) is 67.6 Å². The fraction of sp³-hybridized carbons (Fsp3) is 0.591. The summed E-state index contributed by atoms with van der Waals surface area (Å²) < 4.78 is 8.84. The van der Waals surface area contributed by atoms with Gasteiger partial charge < -0.3 is 4.52 Å². The van der Waals surface area contributed by atoms with E-state index < -0.39 is 0 Å². The molecular formula is C22H29IN4O. The summed E-state index contributed by atoms with van der Waals surface area (Å²) in [4.78, 5) is 4.73. The maximum Gasteiger partial charge on any atom is 0.279 e. The molecule has 2 atom stereocenters. The van der Waals surface area contributed by atoms with Crippen molar-refractivity contribution in [2.75, 3.05) is 4.43 Å². The van der Waals surface area contributed by atoms with Crippen molar-refractivity contribution in [3.63, 3.8) is 0 Å². The van der Waals surface area contributed by atoms with Crippen LogP contribution in [-0.4, -0.2) is 24.3 Å². The first-order valence-electron chi connectivity index (χ1n) is 10.1. The van der Waals surface area contributed by atoms with Crippen LogP contribution >= 0.6 is 22.6 Å². The molecule has 0 radical (unpaired) electrons. The zero-order valence-corrected chi connectivity index (χ0v) is 19.6. The summed E-state index contributed by atoms with van der Waals surface area (Å²) in [6, 6.07) is 0. The summed E-state index contributed by atoms with van der Waals surface area (Å²) in [5.41, 5.74) is 6.23. The Hall–Kier alpha value is -1.44. The molecule has 0 saturated carbocycles. The Kier molecular flexibility index (Phi) is 5.27. The number of rotatable bonds is 4. The van der Waals surface area contributed by atoms with Gasteiger partial charge in [0.15, 0.2) is 5.69 Å². The Morgan fingerprint density at radius 1 is 1.36 bits per heavy atom. The molecule has 0 saturated heterocycles. The summed E-state index contributed by atoms with van der Waals surface area (Å²) >= 11 is 2.46. The van der Waals surface area contributed by atoms with Gasteiger partial charge in [-0.25, -0.2) is 0 Å². The molecule has 28 heavy (non-hydrogen) atoms. The highest BCUT2D eigenvalue weighted by Gasteiger charge is 2.32. The largest absolute Gasteiger partial charge is 0.332 e. The molecule has 150 valence electrons. The highest BCUT2D eigenvalue weighted by atomic mass is 127. The average molecular weight is 492 g/mol. The van der Waals surface area contributed by atoms with Crippen LogP contribution in [0.5, 0.6) is 0 Å². The Morgan fingerprint density at radius 3 is 2.86 bits per heavy atom. The smallest absolute Gasteiger partial charge is 0.279 e. The Balaban J connectivity index is 1.64. The molecule has 2 aliphatic carbocycles. The Bertz CT molecular complexity index is 950. The minimum Gasteiger partial charge on any atom is -0.332 e. The molecule has 2 aliphatic rings. The van der Waals surface area contributed by atoms with Crippen LogP contribution < -0.4 is 0 Å². The molecule has 0 fully saturated rings. The van der Waals surface area contributed by atoms with E-state index in [0.717, 1.165) is 30.5 Å². The van der Waals surface area contributed by atoms with Gasteiger partial charge >= 0.3 is 0 Å². The molecule has 2 aromatic heterocycles. The monoisotopic (exact) mass is 492 g/mol. The Morgan fingerprint density at radius 2 is 2.14 bits per heavy atom. The number of nitrogens with zero attached hydrogens (tertiary/aromatic N) is 4. The van der Waals surface area contributed by atoms with Crippen molar-refractivity contribution < 1.29 is 4.52 Å². The number of allylic oxidation sites excluding steroid dienone is 4. The number of fused-ring (bicyclic) bond motifs is 1. The summed E-state index contributed by atoms with van der Waals surface area (Å²) in [6.45, 7) is 9.15. The summed E-state index contributed by atoms with van der Waals surface area (Å²) in [6.07, 6.45) is 8.93. The van der Waals surface area contributed by atoms with Gasteiger partial charge in [-0.3, -0.25) is 4.68 Å². The normalized spacial score (nSPS) is 23.9. The minimum absolute atomic E-state index is 0.317. The van der Waals surface area contributed by atoms with Crippen molar-refractivity contribution in [3.05, 3.63) is 34.8 Å². The summed E-state index contributed by atoms with van der Waals surface area (Å²) in [5.74, 6) is 2.31. The minimum atomic E-state index is 0.317. The van der Waals surface area contributed by atoms with Crippen LogP contribution in [0.2, 0.25) is 0 Å². The SMILES string of the molecule is CC1=CC(c2noc(-c3nn(C)c4c3CCC(C)(C)C4)n2)=CC(C)C1CCI. The van der Waals surface area contributed by atoms with Gasteiger partial charge in [0.2, 0.25) is 5.82 Å². The molecule has 0 amide bonds. The van der Waals surface area contributed by atoms with Crippen LogP contribution in [0.1, 0.15) is 57.6 Å². The lowest BCUT2D eigenvalue weighted by Gasteiger charge is -2.29. The molecule has 0 spiro atoms. The molecule has 0 aromatic carbocycles. The predicted molar refractivity (Wildman–Crippen MR) is 120 cm³/mol. The molecule has 0 aliphatic heterocycles. The lowest BCUT2D eigenvalue weighted by atomic mass is 9.76. The third-order valence-corrected chi connectivity index (χ3v) is 6.95. The highest BCUT2D eigenvalue weighted by Crippen LogP contribution is 2.39. The molecule has 2 unspecified atom stereocenters. The molecule has 6 heteroatoms. The molecule has 0 bridgehead atoms. The standard InChI is InChI=1S/C22H29IN4O/c1-13-10-15(11-14(2)16(13)7-9-23)20-24-21(28-26-20)19-17-6-8-22(3,4)12-18(17)27(5)25-19/h10-11,13,16H,6-9,12H2,1-5H3. The second-order valence-electron chi connectivity index (χ2n) is 9.12. The number of alkyl halides is 1. The van der Waals surface area contributed by atoms with E-state index in [0.29, 0.717) is 29.0 Å². The predicted octanol–water partition coefficient (Wildman–Crippen LogP) is 5.41. The van der Waals surface area contributed by atoms with Gasteiger partial charge in [0.1, 0.15) is 0 Å². The first kappa shape index (κ1) is 19.9. The topological polar surface area (TPSA) is 56.7 Å². The first-order chi connectivity index (χ1) is 13.3. The van der Waals surface area contributed by atoms with Crippen molar-refractivity contribution in [2.24, 2.45) is 24.3 Å². The number of halogens is 1. The van der Waals surface area contributed by atoms with Crippen molar-refractivity contribution >= 4 is 28.2 Å². The lowest BCUT2D eigenvalue weighted by Crippen LogP contribution is -2.23. The van der Waals surface area contributed by atoms with Crippen molar-refractivity contribution in [2.45, 2.75) is 53.4 Å². The maximum absolute atomic E-state index is 5.67. The van der Waals surface area contributed by atoms with Gasteiger partial charge in [0.25, 0.3) is 5.89 Å². The number of aromatic nitrogens is 4. The van der Waals surface area contributed by atoms with E-state index in [1.165, 1.54) is 27.7 Å². The zero-order chi connectivity index (χ0) is 20.1. The van der Waals surface area contributed by atoms with Crippen LogP contribution in [0.4, 0.5) is 0 Å². The van der Waals surface area contributed by atoms with Crippen LogP contribution in [0.3, 0.4) is 0 Å². The third kappa shape index (κ3) is 3.60. The highest BCUT2D eigenvalue weighted by molar-refractivity contribution is 14.1. The van der Waals surface area contributed by atoms with Crippen molar-refractivity contribution in [3.8, 4) is 11.6 Å². The van der Waals surface area contributed by atoms with Crippen LogP contribution in [0.25, 0.3) is 17.2 Å². The van der Waals surface area contributed by atoms with Gasteiger partial charge in [-0.1, -0.05) is 66.2 Å². The van der Waals surface area contributed by atoms with E-state index in [9.17, 15) is 0 Å². The van der Waals surface area contributed by atoms with E-state index in [1.54, 1.807) is 0 Å². The second-order valence-corrected chi connectivity index (χ2v) is 10.2. The average Bonchev–Trinajstić information content (AvgIpc) is 3.22. The maximum atomic E-state index is 5.67. The summed E-state index contributed by atoms with van der Waals surface area (Å²) in [5, 5.41) is 9.03. The van der Waals surface area contributed by atoms with Crippen molar-refractivity contribution in [1.29, 1.82) is 0 Å². The first-order valence-corrected chi connectivity index (χ1v) is 11.7. The molecular weight excluding hydrogens is 463 g/mol. The van der Waals surface area contributed by atoms with Crippen LogP contribution in [-0.2, 0) is 19.9 Å². The quantitative estimate of drug-likeness (QED) is 0.424. The molecule has 4 rings (SSSR count). The molecule has 2 heterocycles. The van der Waals surface area contributed by atoms with Gasteiger partial charge in [0, 0.05) is 28.3 Å². The van der Waals surface area contributed by atoms with E-state index in [-0.39, 0.29) is 0 Å². The fourth-order valence-electron chi connectivity index (χ4n) is 4.66. The molecule has 2 aromatic rings.